The molecule has 0 fully saturated rings. The van der Waals surface area contributed by atoms with Crippen LogP contribution in [-0.4, -0.2) is 144 Å². The zero-order valence-corrected chi connectivity index (χ0v) is 35.1. The fourth-order valence-electron chi connectivity index (χ4n) is 2.09. The van der Waals surface area contributed by atoms with Crippen LogP contribution in [0.3, 0.4) is 0 Å². The lowest BCUT2D eigenvalue weighted by atomic mass is 10.0. The van der Waals surface area contributed by atoms with Crippen LogP contribution in [0.25, 0.3) is 4.13 Å². The molecule has 0 N–H and O–H groups in total. The maximum Gasteiger partial charge on any atom is 0.196 e. The van der Waals surface area contributed by atoms with Gasteiger partial charge in [-0.3, -0.25) is 0 Å². The Balaban J connectivity index is -0.000000106. The smallest absolute Gasteiger partial charge is 0.196 e. The van der Waals surface area contributed by atoms with Crippen molar-refractivity contribution in [3.05, 3.63) is 10.0 Å². The van der Waals surface area contributed by atoms with Crippen LogP contribution in [0.15, 0.2) is 0 Å². The molecule has 0 rings (SSSR count). The van der Waals surface area contributed by atoms with Gasteiger partial charge in [-0.15, -0.1) is 0 Å². The fraction of sp³-hybridized carbons (Fsp3) is 0.967. The van der Waals surface area contributed by atoms with Crippen molar-refractivity contribution in [2.45, 2.75) is 98.4 Å². The van der Waals surface area contributed by atoms with E-state index in [4.69, 9.17) is 0 Å². The Morgan fingerprint density at radius 3 is 0.889 bits per heavy atom. The highest BCUT2D eigenvalue weighted by Crippen LogP contribution is 2.23. The van der Waals surface area contributed by atoms with Gasteiger partial charge in [-0.2, -0.15) is 19.3 Å². The van der Waals surface area contributed by atoms with E-state index in [1.165, 1.54) is 19.3 Å². The summed E-state index contributed by atoms with van der Waals surface area (Å²) >= 11 is 0. The third-order valence-corrected chi connectivity index (χ3v) is 8.78. The summed E-state index contributed by atoms with van der Waals surface area (Å²) in [5.41, 5.74) is 0. The number of nitrogens with zero attached hydrogens (tertiary/aromatic N) is 4. The Hall–Kier alpha value is -0.420. The molecule has 0 aliphatic carbocycles. The van der Waals surface area contributed by atoms with Crippen molar-refractivity contribution in [1.82, 2.24) is 0 Å². The minimum atomic E-state index is -4.78. The van der Waals surface area contributed by atoms with Gasteiger partial charge in [0, 0.05) is 11.5 Å². The highest BCUT2D eigenvalue weighted by molar-refractivity contribution is 8.12. The maximum absolute atomic E-state index is 12.7. The van der Waals surface area contributed by atoms with Crippen LogP contribution in [0.5, 0.6) is 0 Å². The van der Waals surface area contributed by atoms with Crippen molar-refractivity contribution in [1.29, 1.82) is 0 Å². The summed E-state index contributed by atoms with van der Waals surface area (Å²) < 4.78 is 92.8. The topological polar surface area (TPSA) is 140 Å². The number of halogens is 1. The van der Waals surface area contributed by atoms with Crippen molar-refractivity contribution in [3.63, 3.8) is 0 Å². The minimum absolute atomic E-state index is 0.212. The van der Waals surface area contributed by atoms with Gasteiger partial charge in [0.05, 0.1) is 105 Å². The second-order valence-corrected chi connectivity index (χ2v) is 20.3. The highest BCUT2D eigenvalue weighted by Gasteiger charge is 2.29. The second kappa shape index (κ2) is 26.5. The van der Waals surface area contributed by atoms with Crippen LogP contribution < -0.4 is 0 Å². The SMILES string of the molecule is CCCC(C)(F)S(=O)(=O)[O-].CCCS(=O)(=O)[N-]S(=O)(=O)CCC.CC[C-](CC)CC.C[N+](C)(C)C.C[N+](C)(C)C.C[N+](C)(C)C. The zero-order chi connectivity index (χ0) is 38.1. The third kappa shape index (κ3) is 71.0. The van der Waals surface area contributed by atoms with E-state index in [9.17, 15) is 34.2 Å². The first kappa shape index (κ1) is 56.9. The lowest BCUT2D eigenvalue weighted by Crippen LogP contribution is -2.29. The Morgan fingerprint density at radius 1 is 0.578 bits per heavy atom. The summed E-state index contributed by atoms with van der Waals surface area (Å²) in [5, 5.41) is -2.60. The Labute approximate surface area is 281 Å². The van der Waals surface area contributed by atoms with Crippen LogP contribution in [0.2, 0.25) is 0 Å². The molecule has 0 aliphatic rings. The number of sulfonamides is 2. The molecule has 1 atom stereocenters. The molecule has 0 aliphatic heterocycles. The van der Waals surface area contributed by atoms with Crippen molar-refractivity contribution in [2.75, 3.05) is 96.1 Å². The average Bonchev–Trinajstić information content (AvgIpc) is 2.70. The van der Waals surface area contributed by atoms with Crippen molar-refractivity contribution in [2.24, 2.45) is 0 Å². The van der Waals surface area contributed by atoms with Gasteiger partial charge in [0.1, 0.15) is 10.1 Å². The lowest BCUT2D eigenvalue weighted by molar-refractivity contribution is -0.849. The molecule has 0 aromatic heterocycles. The first-order valence-corrected chi connectivity index (χ1v) is 20.2. The number of quaternary nitrogens is 3. The van der Waals surface area contributed by atoms with E-state index in [1.807, 2.05) is 0 Å². The monoisotopic (exact) mass is 718 g/mol. The van der Waals surface area contributed by atoms with Crippen LogP contribution in [0.4, 0.5) is 4.39 Å². The number of hydrogen-bond donors (Lipinski definition) is 0. The van der Waals surface area contributed by atoms with Gasteiger partial charge in [-0.1, -0.05) is 48.0 Å². The molecule has 0 aromatic rings. The normalized spacial score (nSPS) is 13.5. The van der Waals surface area contributed by atoms with Crippen molar-refractivity contribution in [3.8, 4) is 0 Å². The molecule has 11 nitrogen and oxygen atoms in total. The number of hydrogen-bond acceptors (Lipinski definition) is 7. The molecule has 0 spiro atoms. The first-order valence-electron chi connectivity index (χ1n) is 15.5. The summed E-state index contributed by atoms with van der Waals surface area (Å²) in [5.74, 6) is 1.26. The quantitative estimate of drug-likeness (QED) is 0.145. The van der Waals surface area contributed by atoms with Gasteiger partial charge in [-0.05, 0) is 26.2 Å². The molecule has 0 bridgehead atoms. The van der Waals surface area contributed by atoms with E-state index >= 15 is 0 Å². The molecular weight excluding hydrogens is 644 g/mol. The maximum atomic E-state index is 12.7. The average molecular weight is 719 g/mol. The van der Waals surface area contributed by atoms with Gasteiger partial charge in [0.25, 0.3) is 0 Å². The van der Waals surface area contributed by atoms with Crippen LogP contribution >= 0.6 is 0 Å². The Kier molecular flexibility index (Phi) is 33.5. The largest absolute Gasteiger partial charge is 0.745 e. The van der Waals surface area contributed by atoms with Gasteiger partial charge in [0.2, 0.25) is 0 Å². The van der Waals surface area contributed by atoms with Gasteiger partial charge >= 0.3 is 0 Å². The molecule has 0 radical (unpaired) electrons. The summed E-state index contributed by atoms with van der Waals surface area (Å²) in [6.45, 7) is 12.4. The summed E-state index contributed by atoms with van der Waals surface area (Å²) in [6.07, 6.45) is 4.65. The first-order chi connectivity index (χ1) is 19.5. The third-order valence-electron chi connectivity index (χ3n) is 3.87. The van der Waals surface area contributed by atoms with Crippen molar-refractivity contribution < 1.29 is 47.6 Å². The van der Waals surface area contributed by atoms with Gasteiger partial charge in [0.15, 0.2) is 5.00 Å². The molecule has 0 saturated heterocycles. The van der Waals surface area contributed by atoms with Gasteiger partial charge < -0.3 is 28.0 Å². The minimum Gasteiger partial charge on any atom is -0.745 e. The van der Waals surface area contributed by atoms with Crippen LogP contribution in [0.1, 0.15) is 93.4 Å². The zero-order valence-electron chi connectivity index (χ0n) is 32.6. The van der Waals surface area contributed by atoms with E-state index in [0.717, 1.165) is 20.4 Å². The molecule has 282 valence electrons. The van der Waals surface area contributed by atoms with Crippen LogP contribution in [0, 0.1) is 5.92 Å². The molecule has 15 heteroatoms. The Bertz CT molecular complexity index is 910. The number of rotatable bonds is 12. The van der Waals surface area contributed by atoms with Crippen LogP contribution in [-0.2, 0) is 30.2 Å². The van der Waals surface area contributed by atoms with E-state index in [1.54, 1.807) is 26.7 Å². The molecule has 0 amide bonds. The van der Waals surface area contributed by atoms with Crippen molar-refractivity contribution >= 4 is 30.2 Å². The standard InChI is InChI=1S/C7H15.C6H14NO4S2.C5H11FO3S.3C4H12N/c1-4-7(5-2)6-3;1-3-5-12(8,9)7-13(10,11)6-4-2;1-3-4-5(2,6)10(7,8)9;3*1-5(2,3)4/h4-6H2,1-3H3;3-6H2,1-2H3;3-4H2,1-2H3,(H,7,8,9);3*1-4H3/q2*-1;;3*+1/p-1. The molecule has 0 aromatic carbocycles. The predicted molar refractivity (Wildman–Crippen MR) is 192 cm³/mol. The lowest BCUT2D eigenvalue weighted by Gasteiger charge is -2.22. The second-order valence-electron chi connectivity index (χ2n) is 14.8. The van der Waals surface area contributed by atoms with E-state index in [0.29, 0.717) is 19.3 Å². The molecule has 0 saturated carbocycles. The fourth-order valence-corrected chi connectivity index (χ4v) is 5.55. The van der Waals surface area contributed by atoms with E-state index in [2.05, 4.69) is 109 Å². The molecule has 45 heavy (non-hydrogen) atoms. The summed E-state index contributed by atoms with van der Waals surface area (Å²) in [6, 6.07) is 0. The Morgan fingerprint density at radius 2 is 0.800 bits per heavy atom. The highest BCUT2D eigenvalue weighted by atomic mass is 32.3. The number of alkyl halides is 1. The summed E-state index contributed by atoms with van der Waals surface area (Å²) in [4.78, 5) is 0. The van der Waals surface area contributed by atoms with E-state index in [-0.39, 0.29) is 17.9 Å². The van der Waals surface area contributed by atoms with E-state index < -0.39 is 35.2 Å². The predicted octanol–water partition coefficient (Wildman–Crippen LogP) is 5.62. The molecule has 1 unspecified atom stereocenters. The summed E-state index contributed by atoms with van der Waals surface area (Å²) in [7, 11) is 13.2. The molecule has 0 heterocycles. The molecular formula is C30H75FN4O7S3. The van der Waals surface area contributed by atoms with Gasteiger partial charge in [-0.25, -0.2) is 29.6 Å².